The number of hydrogen-bond acceptors (Lipinski definition) is 14. The number of carbonyl (C=O) groups is 4. The zero-order chi connectivity index (χ0) is 58.3. The third-order valence-corrected chi connectivity index (χ3v) is 26.1. The number of allylic oxidation sites excluding steroid dienone is 1. The first-order chi connectivity index (χ1) is 37.1. The molecule has 0 saturated carbocycles. The first-order valence-corrected chi connectivity index (χ1v) is 34.0. The van der Waals surface area contributed by atoms with Gasteiger partial charge in [-0.25, -0.2) is 4.79 Å². The van der Waals surface area contributed by atoms with Crippen LogP contribution in [0.2, 0.25) is 23.2 Å². The average Bonchev–Trinajstić information content (AvgIpc) is 3.43. The number of ether oxygens (including phenoxy) is 7. The zero-order valence-corrected chi connectivity index (χ0v) is 52.4. The number of methoxy groups -OCH3 is 1. The molecule has 0 amide bonds. The molecule has 0 aliphatic carbocycles. The quantitative estimate of drug-likeness (QED) is 0.0224. The van der Waals surface area contributed by atoms with Crippen molar-refractivity contribution in [1.29, 1.82) is 0 Å². The van der Waals surface area contributed by atoms with Gasteiger partial charge in [0.1, 0.15) is 12.4 Å². The minimum atomic E-state index is -3.24. The molecule has 442 valence electrons. The summed E-state index contributed by atoms with van der Waals surface area (Å²) in [5.41, 5.74) is -1.12. The summed E-state index contributed by atoms with van der Waals surface area (Å²) in [5.74, 6) is -4.77. The lowest BCUT2D eigenvalue weighted by Crippen LogP contribution is -2.68. The second-order valence-corrected chi connectivity index (χ2v) is 34.8. The molecule has 1 N–H and O–H groups in total. The van der Waals surface area contributed by atoms with Crippen molar-refractivity contribution in [3.63, 3.8) is 0 Å². The minimum absolute atomic E-state index is 0.00169. The van der Waals surface area contributed by atoms with E-state index in [1.165, 1.54) is 25.3 Å². The highest BCUT2D eigenvalue weighted by Crippen LogP contribution is 2.47. The summed E-state index contributed by atoms with van der Waals surface area (Å²) in [6.45, 7) is 27.3. The van der Waals surface area contributed by atoms with E-state index >= 15 is 4.79 Å². The van der Waals surface area contributed by atoms with Crippen LogP contribution in [0.4, 0.5) is 0 Å². The molecule has 8 atom stereocenters. The number of aliphatic hydroxyl groups is 1. The first kappa shape index (κ1) is 66.0. The van der Waals surface area contributed by atoms with E-state index < -0.39 is 81.0 Å². The molecule has 3 aliphatic heterocycles. The van der Waals surface area contributed by atoms with Gasteiger partial charge in [0.15, 0.2) is 20.2 Å². The van der Waals surface area contributed by atoms with Gasteiger partial charge in [-0.3, -0.25) is 14.4 Å². The van der Waals surface area contributed by atoms with Crippen LogP contribution in [0.25, 0.3) is 0 Å². The van der Waals surface area contributed by atoms with Gasteiger partial charge in [0, 0.05) is 24.3 Å². The molecule has 0 bridgehead atoms. The molecule has 14 nitrogen and oxygen atoms in total. The lowest BCUT2D eigenvalue weighted by Gasteiger charge is -2.51. The lowest BCUT2D eigenvalue weighted by atomic mass is 9.74. The van der Waals surface area contributed by atoms with E-state index in [0.29, 0.717) is 25.7 Å². The maximum Gasteiger partial charge on any atom is 0.330 e. The topological polar surface area (TPSA) is 172 Å². The Bertz CT molecular complexity index is 2260. The normalized spacial score (nSPS) is 24.6. The van der Waals surface area contributed by atoms with Crippen molar-refractivity contribution in [3.8, 4) is 0 Å². The molecule has 3 saturated heterocycles. The fraction of sp³-hybridized carbons (Fsp3) is 0.683. The van der Waals surface area contributed by atoms with Gasteiger partial charge < -0.3 is 47.1 Å². The lowest BCUT2D eigenvalue weighted by molar-refractivity contribution is -0.327. The molecule has 16 heteroatoms. The summed E-state index contributed by atoms with van der Waals surface area (Å²) in [5, 5.41) is 14.6. The van der Waals surface area contributed by atoms with Crippen LogP contribution >= 0.6 is 0 Å². The predicted molar refractivity (Wildman–Crippen MR) is 313 cm³/mol. The molecule has 0 spiro atoms. The summed E-state index contributed by atoms with van der Waals surface area (Å²) < 4.78 is 58.5. The number of unbranched alkanes of at least 4 members (excludes halogenated alkanes) is 4. The number of esters is 3. The number of rotatable bonds is 27. The van der Waals surface area contributed by atoms with Crippen molar-refractivity contribution in [2.75, 3.05) is 20.3 Å². The smallest absolute Gasteiger partial charge is 0.330 e. The van der Waals surface area contributed by atoms with Gasteiger partial charge in [0.05, 0.1) is 57.3 Å². The molecule has 5 rings (SSSR count). The van der Waals surface area contributed by atoms with Crippen LogP contribution in [-0.2, 0) is 61.2 Å². The third kappa shape index (κ3) is 18.3. The number of carbonyl (C=O) groups excluding carboxylic acids is 4. The molecule has 2 aromatic carbocycles. The van der Waals surface area contributed by atoms with Crippen LogP contribution in [-0.4, -0.2) is 121 Å². The highest BCUT2D eigenvalue weighted by molar-refractivity contribution is 6.99. The molecule has 0 radical (unpaired) electrons. The van der Waals surface area contributed by atoms with Crippen molar-refractivity contribution in [2.45, 2.75) is 250 Å². The molecular formula is C63H98O14Si2. The average molecular weight is 1140 g/mol. The van der Waals surface area contributed by atoms with Crippen LogP contribution in [0.1, 0.15) is 172 Å². The maximum absolute atomic E-state index is 15.2. The Hall–Kier alpha value is -3.85. The number of benzene rings is 2. The van der Waals surface area contributed by atoms with Crippen molar-refractivity contribution in [1.82, 2.24) is 0 Å². The summed E-state index contributed by atoms with van der Waals surface area (Å²) in [7, 11) is -4.46. The van der Waals surface area contributed by atoms with Crippen molar-refractivity contribution < 1.29 is 66.3 Å². The third-order valence-electron chi connectivity index (χ3n) is 16.5. The maximum atomic E-state index is 15.2. The summed E-state index contributed by atoms with van der Waals surface area (Å²) in [6, 6.07) is 20.7. The molecule has 0 unspecified atom stereocenters. The second-order valence-electron chi connectivity index (χ2n) is 25.7. The molecule has 3 fully saturated rings. The molecule has 3 heterocycles. The monoisotopic (exact) mass is 1130 g/mol. The number of hydrogen-bond donors (Lipinski definition) is 1. The van der Waals surface area contributed by atoms with Crippen LogP contribution in [0.3, 0.4) is 0 Å². The van der Waals surface area contributed by atoms with Gasteiger partial charge in [-0.2, -0.15) is 0 Å². The fourth-order valence-electron chi connectivity index (χ4n) is 11.1. The van der Waals surface area contributed by atoms with Gasteiger partial charge in [0.25, 0.3) is 8.32 Å². The van der Waals surface area contributed by atoms with E-state index in [1.54, 1.807) is 13.8 Å². The van der Waals surface area contributed by atoms with E-state index in [9.17, 15) is 19.5 Å². The van der Waals surface area contributed by atoms with Crippen LogP contribution in [0.5, 0.6) is 0 Å². The minimum Gasteiger partial charge on any atom is -0.466 e. The van der Waals surface area contributed by atoms with Gasteiger partial charge in [0.2, 0.25) is 5.79 Å². The largest absolute Gasteiger partial charge is 0.466 e. The number of aldehydes is 1. The molecular weight excluding hydrogens is 1040 g/mol. The van der Waals surface area contributed by atoms with E-state index in [4.69, 9.17) is 42.0 Å². The highest BCUT2D eigenvalue weighted by Gasteiger charge is 2.58. The van der Waals surface area contributed by atoms with Crippen LogP contribution in [0, 0.1) is 5.41 Å². The SMILES string of the molecule is CCCCCCCC(=O)O[C@H]1/C(=C/C(=O)OC)C[C@@H](C[C@H](CO[Si](C)(C)C(C)(C)C)OC(=O)C[C@@H](C[C@@H]2CCC[C@H](C[C@@H]3CCOC(C)(C)O3)O2)O[Si](c2ccccc2)(c2ccccc2)C(C)(C)C)O[C@@]1(O)C(C)(C)/C=C/C=O. The van der Waals surface area contributed by atoms with Gasteiger partial charge in [-0.05, 0) is 110 Å². The van der Waals surface area contributed by atoms with Gasteiger partial charge >= 0.3 is 17.9 Å². The Balaban J connectivity index is 1.54. The Morgan fingerprint density at radius 2 is 1.41 bits per heavy atom. The van der Waals surface area contributed by atoms with Crippen LogP contribution in [0.15, 0.2) is 84.5 Å². The zero-order valence-electron chi connectivity index (χ0n) is 50.4. The molecule has 0 aromatic heterocycles. The Morgan fingerprint density at radius 1 is 0.785 bits per heavy atom. The van der Waals surface area contributed by atoms with Crippen molar-refractivity contribution in [3.05, 3.63) is 84.5 Å². The second kappa shape index (κ2) is 28.9. The summed E-state index contributed by atoms with van der Waals surface area (Å²) in [6.07, 6.45) is 9.47. The Morgan fingerprint density at radius 3 is 1.99 bits per heavy atom. The Labute approximate surface area is 475 Å². The van der Waals surface area contributed by atoms with Crippen molar-refractivity contribution >= 4 is 51.2 Å². The summed E-state index contributed by atoms with van der Waals surface area (Å²) >= 11 is 0. The van der Waals surface area contributed by atoms with Crippen molar-refractivity contribution in [2.24, 2.45) is 5.41 Å². The standard InChI is InChI=1S/C63H98O14Si2/c1-15-16-17-18-25-34-55(65)74-58-46(40-56(66)69-12)39-50(76-63(58,68)61(8,9)36-27-37-64)43-52(45-71-78(13,14)59(2,3)4)73-57(67)44-51(42-48-29-26-28-47(72-48)41-49-35-38-70-62(10,11)75-49)77-79(60(5,6)7,53-30-21-19-22-31-53)54-32-23-20-24-33-54/h19-24,27,30-33,36-37,40,47-52,58,68H,15-18,25-26,28-29,34-35,38-39,41-45H2,1-14H3/b36-27+,46-40+/t47-,48+,49+,50+,51-,52-,58+,63-/m1/s1. The van der Waals surface area contributed by atoms with Crippen LogP contribution < -0.4 is 10.4 Å². The van der Waals surface area contributed by atoms with Gasteiger partial charge in [-0.1, -0.05) is 155 Å². The first-order valence-electron chi connectivity index (χ1n) is 29.2. The van der Waals surface area contributed by atoms with E-state index in [-0.39, 0.29) is 61.2 Å². The molecule has 2 aromatic rings. The highest BCUT2D eigenvalue weighted by atomic mass is 28.4. The molecule has 79 heavy (non-hydrogen) atoms. The fourth-order valence-corrected chi connectivity index (χ4v) is 16.8. The molecule has 3 aliphatic rings. The predicted octanol–water partition coefficient (Wildman–Crippen LogP) is 11.5. The van der Waals surface area contributed by atoms with Gasteiger partial charge in [-0.15, -0.1) is 0 Å². The van der Waals surface area contributed by atoms with E-state index in [2.05, 4.69) is 85.8 Å². The van der Waals surface area contributed by atoms with E-state index in [1.807, 2.05) is 50.2 Å². The van der Waals surface area contributed by atoms with E-state index in [0.717, 1.165) is 68.2 Å². The Kier molecular flexibility index (Phi) is 24.1. The summed E-state index contributed by atoms with van der Waals surface area (Å²) in [4.78, 5) is 53.8.